The smallest absolute Gasteiger partial charge is 0.127 e. The molecule has 0 bridgehead atoms. The summed E-state index contributed by atoms with van der Waals surface area (Å²) in [6, 6.07) is 5.34. The second-order valence-corrected chi connectivity index (χ2v) is 3.08. The number of hydrogen-bond donors (Lipinski definition) is 1. The Hall–Kier alpha value is -1.57. The Balaban J connectivity index is 3.17. The summed E-state index contributed by atoms with van der Waals surface area (Å²) in [6.45, 7) is 0.528. The largest absolute Gasteiger partial charge is 0.507 e. The Bertz CT molecular complexity index is 382. The molecule has 0 heterocycles. The van der Waals surface area contributed by atoms with Crippen LogP contribution in [0.5, 0.6) is 5.75 Å². The summed E-state index contributed by atoms with van der Waals surface area (Å²) in [5, 5.41) is 18.7. The number of nitriles is 1. The number of aromatic hydroxyl groups is 1. The van der Waals surface area contributed by atoms with Crippen LogP contribution in [0.1, 0.15) is 16.7 Å². The molecule has 1 aromatic carbocycles. The molecular formula is C11H13NO3. The standard InChI is InChI=1S/C11H13NO3/c1-14-6-9-4-3-8(5-12)10(7-15-2)11(9)13/h3-4,13H,6-7H2,1-2H3. The first-order valence-electron chi connectivity index (χ1n) is 4.46. The molecule has 15 heavy (non-hydrogen) atoms. The summed E-state index contributed by atoms with van der Waals surface area (Å²) in [5.41, 5.74) is 1.59. The predicted molar refractivity (Wildman–Crippen MR) is 54.2 cm³/mol. The van der Waals surface area contributed by atoms with Gasteiger partial charge in [-0.3, -0.25) is 0 Å². The molecule has 0 aliphatic carbocycles. The van der Waals surface area contributed by atoms with Gasteiger partial charge < -0.3 is 14.6 Å². The van der Waals surface area contributed by atoms with Crippen molar-refractivity contribution in [2.45, 2.75) is 13.2 Å². The summed E-state index contributed by atoms with van der Waals surface area (Å²) in [5.74, 6) is 0.0813. The van der Waals surface area contributed by atoms with Crippen molar-refractivity contribution >= 4 is 0 Å². The molecule has 0 spiro atoms. The molecule has 80 valence electrons. The molecule has 1 aromatic rings. The molecule has 4 nitrogen and oxygen atoms in total. The van der Waals surface area contributed by atoms with Crippen LogP contribution in [0.2, 0.25) is 0 Å². The third-order valence-corrected chi connectivity index (χ3v) is 2.08. The maximum atomic E-state index is 9.85. The number of methoxy groups -OCH3 is 2. The number of nitrogens with zero attached hydrogens (tertiary/aromatic N) is 1. The first-order chi connectivity index (χ1) is 7.24. The van der Waals surface area contributed by atoms with E-state index in [-0.39, 0.29) is 12.4 Å². The Morgan fingerprint density at radius 3 is 2.47 bits per heavy atom. The van der Waals surface area contributed by atoms with E-state index in [1.165, 1.54) is 7.11 Å². The van der Waals surface area contributed by atoms with Gasteiger partial charge in [0, 0.05) is 25.3 Å². The van der Waals surface area contributed by atoms with Crippen molar-refractivity contribution in [3.05, 3.63) is 28.8 Å². The molecular weight excluding hydrogens is 194 g/mol. The fourth-order valence-electron chi connectivity index (χ4n) is 1.35. The van der Waals surface area contributed by atoms with Crippen LogP contribution in [-0.4, -0.2) is 19.3 Å². The van der Waals surface area contributed by atoms with E-state index >= 15 is 0 Å². The normalized spacial score (nSPS) is 9.93. The third kappa shape index (κ3) is 2.46. The van der Waals surface area contributed by atoms with Gasteiger partial charge in [0.05, 0.1) is 24.8 Å². The number of ether oxygens (including phenoxy) is 2. The SMILES string of the molecule is COCc1ccc(C#N)c(COC)c1O. The molecule has 1 N–H and O–H groups in total. The van der Waals surface area contributed by atoms with Crippen LogP contribution >= 0.6 is 0 Å². The van der Waals surface area contributed by atoms with Crippen molar-refractivity contribution in [3.63, 3.8) is 0 Å². The summed E-state index contributed by atoms with van der Waals surface area (Å²) >= 11 is 0. The molecule has 0 aromatic heterocycles. The Morgan fingerprint density at radius 1 is 1.27 bits per heavy atom. The van der Waals surface area contributed by atoms with Crippen LogP contribution in [-0.2, 0) is 22.7 Å². The topological polar surface area (TPSA) is 62.5 Å². The number of hydrogen-bond acceptors (Lipinski definition) is 4. The average molecular weight is 207 g/mol. The summed E-state index contributed by atoms with van der Waals surface area (Å²) in [7, 11) is 3.07. The van der Waals surface area contributed by atoms with Gasteiger partial charge in [0.2, 0.25) is 0 Å². The number of phenols is 1. The lowest BCUT2D eigenvalue weighted by Gasteiger charge is -2.10. The minimum Gasteiger partial charge on any atom is -0.507 e. The number of benzene rings is 1. The summed E-state index contributed by atoms with van der Waals surface area (Å²) in [4.78, 5) is 0. The highest BCUT2D eigenvalue weighted by molar-refractivity contribution is 5.50. The number of phenolic OH excluding ortho intramolecular Hbond substituents is 1. The fraction of sp³-hybridized carbons (Fsp3) is 0.364. The monoisotopic (exact) mass is 207 g/mol. The molecule has 0 saturated carbocycles. The first kappa shape index (κ1) is 11.5. The van der Waals surface area contributed by atoms with Gasteiger partial charge in [0.25, 0.3) is 0 Å². The zero-order valence-electron chi connectivity index (χ0n) is 8.78. The van der Waals surface area contributed by atoms with Gasteiger partial charge in [-0.2, -0.15) is 5.26 Å². The Morgan fingerprint density at radius 2 is 1.93 bits per heavy atom. The van der Waals surface area contributed by atoms with Gasteiger partial charge in [-0.1, -0.05) is 6.07 Å². The predicted octanol–water partition coefficient (Wildman–Crippen LogP) is 1.56. The van der Waals surface area contributed by atoms with Crippen molar-refractivity contribution in [1.82, 2.24) is 0 Å². The summed E-state index contributed by atoms with van der Waals surface area (Å²) in [6.07, 6.45) is 0. The third-order valence-electron chi connectivity index (χ3n) is 2.08. The molecule has 0 unspecified atom stereocenters. The molecule has 0 radical (unpaired) electrons. The molecule has 1 rings (SSSR count). The van der Waals surface area contributed by atoms with Gasteiger partial charge in [-0.05, 0) is 6.07 Å². The first-order valence-corrected chi connectivity index (χ1v) is 4.46. The highest BCUT2D eigenvalue weighted by Crippen LogP contribution is 2.27. The van der Waals surface area contributed by atoms with Crippen LogP contribution in [0.3, 0.4) is 0 Å². The minimum absolute atomic E-state index is 0.0813. The van der Waals surface area contributed by atoms with E-state index in [1.54, 1.807) is 19.2 Å². The average Bonchev–Trinajstić information content (AvgIpc) is 2.25. The van der Waals surface area contributed by atoms with Crippen molar-refractivity contribution in [3.8, 4) is 11.8 Å². The lowest BCUT2D eigenvalue weighted by molar-refractivity contribution is 0.174. The van der Waals surface area contributed by atoms with E-state index in [0.717, 1.165) is 0 Å². The van der Waals surface area contributed by atoms with E-state index in [0.29, 0.717) is 23.3 Å². The maximum absolute atomic E-state index is 9.85. The maximum Gasteiger partial charge on any atom is 0.127 e. The second kappa shape index (κ2) is 5.35. The van der Waals surface area contributed by atoms with Crippen molar-refractivity contribution < 1.29 is 14.6 Å². The van der Waals surface area contributed by atoms with Crippen LogP contribution in [0, 0.1) is 11.3 Å². The van der Waals surface area contributed by atoms with Crippen LogP contribution in [0.25, 0.3) is 0 Å². The highest BCUT2D eigenvalue weighted by Gasteiger charge is 2.11. The van der Waals surface area contributed by atoms with Crippen molar-refractivity contribution in [2.75, 3.05) is 14.2 Å². The minimum atomic E-state index is 0.0813. The van der Waals surface area contributed by atoms with Crippen molar-refractivity contribution in [1.29, 1.82) is 5.26 Å². The molecule has 0 fully saturated rings. The van der Waals surface area contributed by atoms with Crippen LogP contribution in [0.15, 0.2) is 12.1 Å². The second-order valence-electron chi connectivity index (χ2n) is 3.08. The zero-order chi connectivity index (χ0) is 11.3. The van der Waals surface area contributed by atoms with Crippen molar-refractivity contribution in [2.24, 2.45) is 0 Å². The van der Waals surface area contributed by atoms with Gasteiger partial charge in [-0.15, -0.1) is 0 Å². The Kier molecular flexibility index (Phi) is 4.10. The van der Waals surface area contributed by atoms with E-state index in [9.17, 15) is 5.11 Å². The zero-order valence-corrected chi connectivity index (χ0v) is 8.78. The van der Waals surface area contributed by atoms with Crippen LogP contribution in [0.4, 0.5) is 0 Å². The number of rotatable bonds is 4. The molecule has 0 atom stereocenters. The van der Waals surface area contributed by atoms with Gasteiger partial charge in [0.15, 0.2) is 0 Å². The molecule has 0 saturated heterocycles. The van der Waals surface area contributed by atoms with Gasteiger partial charge in [0.1, 0.15) is 5.75 Å². The fourth-order valence-corrected chi connectivity index (χ4v) is 1.35. The lowest BCUT2D eigenvalue weighted by Crippen LogP contribution is -1.98. The summed E-state index contributed by atoms with van der Waals surface area (Å²) < 4.78 is 9.86. The highest BCUT2D eigenvalue weighted by atomic mass is 16.5. The van der Waals surface area contributed by atoms with Gasteiger partial charge >= 0.3 is 0 Å². The van der Waals surface area contributed by atoms with Gasteiger partial charge in [-0.25, -0.2) is 0 Å². The lowest BCUT2D eigenvalue weighted by atomic mass is 10.0. The van der Waals surface area contributed by atoms with E-state index < -0.39 is 0 Å². The Labute approximate surface area is 88.7 Å². The van der Waals surface area contributed by atoms with E-state index in [2.05, 4.69) is 0 Å². The molecule has 0 amide bonds. The quantitative estimate of drug-likeness (QED) is 0.813. The molecule has 0 aliphatic rings. The van der Waals surface area contributed by atoms with E-state index in [4.69, 9.17) is 14.7 Å². The molecule has 0 aliphatic heterocycles. The van der Waals surface area contributed by atoms with E-state index in [1.807, 2.05) is 6.07 Å². The molecule has 4 heteroatoms. The van der Waals surface area contributed by atoms with Crippen LogP contribution < -0.4 is 0 Å².